The molecule has 5 rings (SSSR count). The minimum Gasteiger partial charge on any atom is -0.368 e. The van der Waals surface area contributed by atoms with E-state index in [2.05, 4.69) is 20.3 Å². The van der Waals surface area contributed by atoms with E-state index in [9.17, 15) is 22.0 Å². The van der Waals surface area contributed by atoms with Gasteiger partial charge in [-0.25, -0.2) is 36.5 Å². The normalized spacial score (nSPS) is 12.1. The molecule has 14 heteroatoms. The molecule has 0 saturated heterocycles. The number of rotatable bonds is 9. The number of sulfonamides is 1. The molecule has 0 saturated carbocycles. The minimum atomic E-state index is -4.84. The van der Waals surface area contributed by atoms with E-state index in [-0.39, 0.29) is 17.2 Å². The van der Waals surface area contributed by atoms with Crippen LogP contribution in [0.5, 0.6) is 0 Å². The van der Waals surface area contributed by atoms with Gasteiger partial charge in [0.1, 0.15) is 22.7 Å². The Morgan fingerprint density at radius 2 is 1.62 bits per heavy atom. The molecule has 0 aliphatic carbocycles. The molecule has 2 heterocycles. The Kier molecular flexibility index (Phi) is 7.91. The van der Waals surface area contributed by atoms with Crippen molar-refractivity contribution in [2.45, 2.75) is 17.9 Å². The van der Waals surface area contributed by atoms with Gasteiger partial charge in [0.05, 0.1) is 22.0 Å². The number of hydrogen-bond acceptors (Lipinski definition) is 8. The number of carbonyl (C=O) groups is 1. The molecule has 1 amide bonds. The molecule has 1 atom stereocenters. The number of amides is 1. The van der Waals surface area contributed by atoms with Crippen molar-refractivity contribution in [3.05, 3.63) is 96.4 Å². The van der Waals surface area contributed by atoms with Crippen molar-refractivity contribution in [3.63, 3.8) is 0 Å². The molecular formula is C28H21F3N6O3S2. The van der Waals surface area contributed by atoms with Gasteiger partial charge in [-0.3, -0.25) is 9.52 Å². The van der Waals surface area contributed by atoms with Crippen molar-refractivity contribution < 1.29 is 26.4 Å². The monoisotopic (exact) mass is 610 g/mol. The Labute approximate surface area is 242 Å². The SMILES string of the molecule is C[C@H](Nc1nccc(-c2sc(-c3ccccc3)nc2-c2cccc(NS(=O)(=O)c3c(F)cccc3F)c2F)n1)C(N)=O. The van der Waals surface area contributed by atoms with E-state index in [4.69, 9.17) is 5.73 Å². The maximum Gasteiger partial charge on any atom is 0.267 e. The van der Waals surface area contributed by atoms with Gasteiger partial charge in [0.2, 0.25) is 11.9 Å². The molecule has 2 aromatic heterocycles. The van der Waals surface area contributed by atoms with Crippen molar-refractivity contribution in [2.75, 3.05) is 10.0 Å². The average molecular weight is 611 g/mol. The smallest absolute Gasteiger partial charge is 0.267 e. The molecule has 0 spiro atoms. The average Bonchev–Trinajstić information content (AvgIpc) is 3.40. The number of aromatic nitrogens is 3. The second-order valence-electron chi connectivity index (χ2n) is 8.92. The molecule has 214 valence electrons. The summed E-state index contributed by atoms with van der Waals surface area (Å²) in [6, 6.07) is 16.3. The van der Waals surface area contributed by atoms with Crippen LogP contribution in [0.1, 0.15) is 6.92 Å². The highest BCUT2D eigenvalue weighted by Gasteiger charge is 2.27. The zero-order chi connectivity index (χ0) is 30.0. The van der Waals surface area contributed by atoms with Crippen LogP contribution >= 0.6 is 11.3 Å². The van der Waals surface area contributed by atoms with Gasteiger partial charge in [-0.05, 0) is 37.3 Å². The fourth-order valence-corrected chi connectivity index (χ4v) is 6.18. The number of benzene rings is 3. The number of carbonyl (C=O) groups excluding carboxylic acids is 1. The van der Waals surface area contributed by atoms with Crippen LogP contribution in [0.2, 0.25) is 0 Å². The zero-order valence-electron chi connectivity index (χ0n) is 21.7. The number of nitrogens with two attached hydrogens (primary N) is 1. The van der Waals surface area contributed by atoms with E-state index in [0.717, 1.165) is 29.8 Å². The third kappa shape index (κ3) is 5.80. The number of thiazole rings is 1. The molecule has 0 bridgehead atoms. The Balaban J connectivity index is 1.62. The summed E-state index contributed by atoms with van der Waals surface area (Å²) < 4.78 is 72.2. The molecule has 5 aromatic rings. The van der Waals surface area contributed by atoms with Gasteiger partial charge < -0.3 is 11.1 Å². The summed E-state index contributed by atoms with van der Waals surface area (Å²) >= 11 is 1.20. The van der Waals surface area contributed by atoms with Crippen LogP contribution in [0.15, 0.2) is 83.9 Å². The lowest BCUT2D eigenvalue weighted by atomic mass is 10.1. The summed E-state index contributed by atoms with van der Waals surface area (Å²) in [6.07, 6.45) is 1.44. The number of anilines is 2. The van der Waals surface area contributed by atoms with Crippen LogP contribution < -0.4 is 15.8 Å². The fraction of sp³-hybridized carbons (Fsp3) is 0.0714. The number of hydrogen-bond donors (Lipinski definition) is 3. The first-order chi connectivity index (χ1) is 20.0. The number of halogens is 3. The molecule has 0 radical (unpaired) electrons. The van der Waals surface area contributed by atoms with Gasteiger partial charge >= 0.3 is 0 Å². The van der Waals surface area contributed by atoms with E-state index in [0.29, 0.717) is 15.6 Å². The molecule has 0 aliphatic heterocycles. The standard InChI is InChI=1S/C28H21F3N6O3S2/c1-15(26(32)38)34-28-33-14-13-21(35-28)24-23(36-27(41-24)16-7-3-2-4-8-16)17-9-5-12-20(22(17)31)37-42(39,40)25-18(29)10-6-11-19(25)30/h2-15,37H,1H3,(H2,32,38)(H,33,34,35)/t15-/m0/s1. The van der Waals surface area contributed by atoms with Crippen LogP contribution in [0.25, 0.3) is 32.4 Å². The van der Waals surface area contributed by atoms with Crippen LogP contribution in [-0.4, -0.2) is 35.3 Å². The van der Waals surface area contributed by atoms with Gasteiger partial charge in [0.25, 0.3) is 10.0 Å². The second-order valence-corrected chi connectivity index (χ2v) is 11.5. The van der Waals surface area contributed by atoms with Crippen LogP contribution in [0.3, 0.4) is 0 Å². The lowest BCUT2D eigenvalue weighted by Gasteiger charge is -2.13. The largest absolute Gasteiger partial charge is 0.368 e. The number of primary amides is 1. The Bertz CT molecular complexity index is 1880. The minimum absolute atomic E-state index is 0.0910. The fourth-order valence-electron chi connectivity index (χ4n) is 3.93. The zero-order valence-corrected chi connectivity index (χ0v) is 23.3. The maximum absolute atomic E-state index is 16.0. The van der Waals surface area contributed by atoms with Crippen molar-refractivity contribution >= 4 is 38.9 Å². The van der Waals surface area contributed by atoms with Gasteiger partial charge in [-0.15, -0.1) is 11.3 Å². The summed E-state index contributed by atoms with van der Waals surface area (Å²) in [7, 11) is -4.84. The van der Waals surface area contributed by atoms with Crippen LogP contribution in [-0.2, 0) is 14.8 Å². The van der Waals surface area contributed by atoms with Crippen molar-refractivity contribution in [2.24, 2.45) is 5.73 Å². The molecule has 0 unspecified atom stereocenters. The lowest BCUT2D eigenvalue weighted by molar-refractivity contribution is -0.118. The van der Waals surface area contributed by atoms with Gasteiger partial charge in [-0.2, -0.15) is 0 Å². The van der Waals surface area contributed by atoms with Gasteiger partial charge in [0.15, 0.2) is 10.7 Å². The molecule has 0 aliphatic rings. The molecular weight excluding hydrogens is 589 g/mol. The Morgan fingerprint density at radius 1 is 0.929 bits per heavy atom. The Hall–Kier alpha value is -4.82. The van der Waals surface area contributed by atoms with E-state index in [1.807, 2.05) is 35.1 Å². The van der Waals surface area contributed by atoms with Crippen LogP contribution in [0.4, 0.5) is 24.8 Å². The van der Waals surface area contributed by atoms with Gasteiger partial charge in [-0.1, -0.05) is 42.5 Å². The first-order valence-electron chi connectivity index (χ1n) is 12.3. The molecule has 4 N–H and O–H groups in total. The molecule has 9 nitrogen and oxygen atoms in total. The highest BCUT2D eigenvalue weighted by Crippen LogP contribution is 2.42. The van der Waals surface area contributed by atoms with Crippen LogP contribution in [0, 0.1) is 17.5 Å². The highest BCUT2D eigenvalue weighted by molar-refractivity contribution is 7.92. The van der Waals surface area contributed by atoms with E-state index in [1.54, 1.807) is 13.0 Å². The number of nitrogens with one attached hydrogen (secondary N) is 2. The summed E-state index contributed by atoms with van der Waals surface area (Å²) in [5, 5.41) is 3.31. The first kappa shape index (κ1) is 28.7. The molecule has 42 heavy (non-hydrogen) atoms. The highest BCUT2D eigenvalue weighted by atomic mass is 32.2. The summed E-state index contributed by atoms with van der Waals surface area (Å²) in [5.74, 6) is -4.21. The third-order valence-electron chi connectivity index (χ3n) is 5.99. The quantitative estimate of drug-likeness (QED) is 0.202. The third-order valence-corrected chi connectivity index (χ3v) is 8.54. The number of nitrogens with zero attached hydrogens (tertiary/aromatic N) is 3. The predicted octanol–water partition coefficient (Wildman–Crippen LogP) is 5.44. The summed E-state index contributed by atoms with van der Waals surface area (Å²) in [5.41, 5.74) is 5.88. The van der Waals surface area contributed by atoms with Crippen molar-refractivity contribution in [1.82, 2.24) is 15.0 Å². The van der Waals surface area contributed by atoms with E-state index < -0.39 is 50.0 Å². The molecule has 0 fully saturated rings. The predicted molar refractivity (Wildman–Crippen MR) is 153 cm³/mol. The van der Waals surface area contributed by atoms with E-state index in [1.165, 1.54) is 29.7 Å². The van der Waals surface area contributed by atoms with E-state index >= 15 is 4.39 Å². The maximum atomic E-state index is 16.0. The molecule has 3 aromatic carbocycles. The lowest BCUT2D eigenvalue weighted by Crippen LogP contribution is -2.33. The van der Waals surface area contributed by atoms with Gasteiger partial charge in [0, 0.05) is 17.3 Å². The summed E-state index contributed by atoms with van der Waals surface area (Å²) in [6.45, 7) is 1.54. The van der Waals surface area contributed by atoms with Crippen molar-refractivity contribution in [1.29, 1.82) is 0 Å². The van der Waals surface area contributed by atoms with Crippen molar-refractivity contribution in [3.8, 4) is 32.4 Å². The summed E-state index contributed by atoms with van der Waals surface area (Å²) in [4.78, 5) is 23.9. The Morgan fingerprint density at radius 3 is 2.31 bits per heavy atom. The second kappa shape index (κ2) is 11.6. The topological polar surface area (TPSA) is 140 Å². The first-order valence-corrected chi connectivity index (χ1v) is 14.6.